The van der Waals surface area contributed by atoms with Crippen LogP contribution < -0.4 is 16.1 Å². The van der Waals surface area contributed by atoms with E-state index in [1.165, 1.54) is 16.9 Å². The number of carbonyl (C=O) groups excluding carboxylic acids is 2. The van der Waals surface area contributed by atoms with Crippen LogP contribution in [0.4, 0.5) is 19.3 Å². The number of halogens is 2. The van der Waals surface area contributed by atoms with Gasteiger partial charge in [-0.1, -0.05) is 12.1 Å². The van der Waals surface area contributed by atoms with Gasteiger partial charge in [-0.25, -0.2) is 18.3 Å². The lowest BCUT2D eigenvalue weighted by atomic mass is 10.1. The van der Waals surface area contributed by atoms with E-state index in [0.29, 0.717) is 30.9 Å². The lowest BCUT2D eigenvalue weighted by molar-refractivity contribution is -0.124. The van der Waals surface area contributed by atoms with Crippen LogP contribution in [0.1, 0.15) is 11.3 Å². The molecule has 2 aromatic carbocycles. The van der Waals surface area contributed by atoms with Crippen LogP contribution in [-0.2, 0) is 16.0 Å². The molecule has 11 heteroatoms. The highest BCUT2D eigenvalue weighted by atomic mass is 19.1. The van der Waals surface area contributed by atoms with E-state index in [4.69, 9.17) is 4.74 Å². The Bertz CT molecular complexity index is 1280. The van der Waals surface area contributed by atoms with E-state index in [-0.39, 0.29) is 42.3 Å². The predicted octanol–water partition coefficient (Wildman–Crippen LogP) is 2.08. The van der Waals surface area contributed by atoms with Crippen molar-refractivity contribution in [2.45, 2.75) is 6.42 Å². The highest BCUT2D eigenvalue weighted by Gasteiger charge is 2.16. The summed E-state index contributed by atoms with van der Waals surface area (Å²) < 4.78 is 33.6. The second-order valence-electron chi connectivity index (χ2n) is 7.96. The number of carbonyl (C=O) groups is 2. The van der Waals surface area contributed by atoms with E-state index < -0.39 is 17.7 Å². The first-order valence-electron chi connectivity index (χ1n) is 10.9. The molecule has 3 aromatic rings. The Labute approximate surface area is 199 Å². The van der Waals surface area contributed by atoms with Gasteiger partial charge < -0.3 is 10.1 Å². The first-order chi connectivity index (χ1) is 16.9. The first kappa shape index (κ1) is 24.0. The summed E-state index contributed by atoms with van der Waals surface area (Å²) in [7, 11) is 0. The van der Waals surface area contributed by atoms with Gasteiger partial charge in [-0.2, -0.15) is 5.10 Å². The normalized spacial score (nSPS) is 13.8. The van der Waals surface area contributed by atoms with Crippen LogP contribution in [-0.4, -0.2) is 59.5 Å². The quantitative estimate of drug-likeness (QED) is 0.533. The minimum Gasteiger partial charge on any atom is -0.448 e. The summed E-state index contributed by atoms with van der Waals surface area (Å²) in [6.45, 7) is 2.12. The fourth-order valence-electron chi connectivity index (χ4n) is 3.64. The van der Waals surface area contributed by atoms with Crippen molar-refractivity contribution >= 4 is 17.7 Å². The number of benzene rings is 2. The third kappa shape index (κ3) is 6.70. The van der Waals surface area contributed by atoms with Crippen molar-refractivity contribution in [1.82, 2.24) is 20.0 Å². The van der Waals surface area contributed by atoms with E-state index >= 15 is 0 Å². The van der Waals surface area contributed by atoms with Crippen LogP contribution in [0.2, 0.25) is 0 Å². The molecule has 35 heavy (non-hydrogen) atoms. The average molecular weight is 483 g/mol. The number of aromatic nitrogens is 2. The van der Waals surface area contributed by atoms with Gasteiger partial charge >= 0.3 is 6.09 Å². The summed E-state index contributed by atoms with van der Waals surface area (Å²) in [5.74, 6) is -1.57. The average Bonchev–Trinajstić information content (AvgIpc) is 2.80. The Morgan fingerprint density at radius 2 is 1.91 bits per heavy atom. The van der Waals surface area contributed by atoms with Crippen LogP contribution in [0.25, 0.3) is 5.69 Å². The molecule has 1 aliphatic heterocycles. The molecular weight excluding hydrogens is 460 g/mol. The molecule has 2 N–H and O–H groups in total. The summed E-state index contributed by atoms with van der Waals surface area (Å²) in [5.41, 5.74) is 1.14. The second-order valence-corrected chi connectivity index (χ2v) is 7.96. The molecule has 182 valence electrons. The third-order valence-corrected chi connectivity index (χ3v) is 5.29. The van der Waals surface area contributed by atoms with Crippen LogP contribution in [0.15, 0.2) is 59.5 Å². The number of rotatable bonds is 7. The smallest absolute Gasteiger partial charge is 0.411 e. The van der Waals surface area contributed by atoms with Crippen molar-refractivity contribution in [3.8, 4) is 5.69 Å². The van der Waals surface area contributed by atoms with Gasteiger partial charge in [-0.05, 0) is 29.8 Å². The molecule has 0 saturated carbocycles. The van der Waals surface area contributed by atoms with Gasteiger partial charge in [0.15, 0.2) is 0 Å². The van der Waals surface area contributed by atoms with E-state index in [9.17, 15) is 23.2 Å². The van der Waals surface area contributed by atoms with Crippen molar-refractivity contribution in [2.24, 2.45) is 0 Å². The lowest BCUT2D eigenvalue weighted by Gasteiger charge is -2.25. The summed E-state index contributed by atoms with van der Waals surface area (Å²) in [4.78, 5) is 37.7. The molecule has 0 spiro atoms. The Balaban J connectivity index is 1.38. The SMILES string of the molecule is O=C1CN(CCOC(=O)Nc2cccc(Cc3nn(-c4cc(F)cc(F)c4)ccc3=O)c2)CCN1. The molecule has 0 radical (unpaired) electrons. The van der Waals surface area contributed by atoms with Crippen LogP contribution in [0.3, 0.4) is 0 Å². The minimum atomic E-state index is -0.755. The van der Waals surface area contributed by atoms with Crippen molar-refractivity contribution < 1.29 is 23.1 Å². The zero-order chi connectivity index (χ0) is 24.8. The van der Waals surface area contributed by atoms with Crippen LogP contribution in [0.5, 0.6) is 0 Å². The Kier molecular flexibility index (Phi) is 7.46. The molecule has 4 rings (SSSR count). The number of ether oxygens (including phenoxy) is 1. The van der Waals surface area contributed by atoms with Gasteiger partial charge in [-0.15, -0.1) is 0 Å². The second kappa shape index (κ2) is 10.9. The molecule has 0 aliphatic carbocycles. The number of amides is 2. The summed E-state index contributed by atoms with van der Waals surface area (Å²) in [5, 5.41) is 9.59. The standard InChI is InChI=1S/C24H23F2N5O4/c25-17-12-18(26)14-20(13-17)31-6-4-22(32)21(29-31)11-16-2-1-3-19(10-16)28-24(34)35-9-8-30-7-5-27-23(33)15-30/h1-4,6,10,12-14H,5,7-9,11,15H2,(H,27,33)(H,28,34). The largest absolute Gasteiger partial charge is 0.448 e. The number of nitrogens with one attached hydrogen (secondary N) is 2. The molecule has 0 bridgehead atoms. The molecule has 1 fully saturated rings. The van der Waals surface area contributed by atoms with Crippen molar-refractivity contribution in [1.29, 1.82) is 0 Å². The molecule has 1 aliphatic rings. The van der Waals surface area contributed by atoms with Gasteiger partial charge in [0.25, 0.3) is 0 Å². The predicted molar refractivity (Wildman–Crippen MR) is 123 cm³/mol. The Morgan fingerprint density at radius 1 is 1.11 bits per heavy atom. The van der Waals surface area contributed by atoms with E-state index in [0.717, 1.165) is 18.2 Å². The highest BCUT2D eigenvalue weighted by Crippen LogP contribution is 2.15. The first-order valence-corrected chi connectivity index (χ1v) is 10.9. The minimum absolute atomic E-state index is 0.0553. The monoisotopic (exact) mass is 483 g/mol. The molecule has 9 nitrogen and oxygen atoms in total. The lowest BCUT2D eigenvalue weighted by Crippen LogP contribution is -2.48. The van der Waals surface area contributed by atoms with Crippen molar-refractivity contribution in [3.05, 3.63) is 87.8 Å². The molecule has 0 unspecified atom stereocenters. The van der Waals surface area contributed by atoms with E-state index in [1.54, 1.807) is 24.3 Å². The summed E-state index contributed by atoms with van der Waals surface area (Å²) >= 11 is 0. The highest BCUT2D eigenvalue weighted by molar-refractivity contribution is 5.84. The molecular formula is C24H23F2N5O4. The molecule has 2 heterocycles. The topological polar surface area (TPSA) is 106 Å². The van der Waals surface area contributed by atoms with Gasteiger partial charge in [-0.3, -0.25) is 19.8 Å². The maximum atomic E-state index is 13.6. The zero-order valence-electron chi connectivity index (χ0n) is 18.7. The molecule has 1 saturated heterocycles. The Morgan fingerprint density at radius 3 is 2.69 bits per heavy atom. The van der Waals surface area contributed by atoms with Crippen LogP contribution >= 0.6 is 0 Å². The number of hydrogen-bond donors (Lipinski definition) is 2. The molecule has 0 atom stereocenters. The number of hydrogen-bond acceptors (Lipinski definition) is 6. The van der Waals surface area contributed by atoms with E-state index in [2.05, 4.69) is 15.7 Å². The fourth-order valence-corrected chi connectivity index (χ4v) is 3.64. The van der Waals surface area contributed by atoms with Gasteiger partial charge in [0, 0.05) is 50.1 Å². The van der Waals surface area contributed by atoms with Gasteiger partial charge in [0.2, 0.25) is 11.3 Å². The number of nitrogens with zero attached hydrogens (tertiary/aromatic N) is 3. The number of piperazine rings is 1. The van der Waals surface area contributed by atoms with Crippen molar-refractivity contribution in [3.63, 3.8) is 0 Å². The van der Waals surface area contributed by atoms with Gasteiger partial charge in [0.05, 0.1) is 12.2 Å². The zero-order valence-corrected chi connectivity index (χ0v) is 18.7. The van der Waals surface area contributed by atoms with Crippen molar-refractivity contribution in [2.75, 3.05) is 38.1 Å². The maximum Gasteiger partial charge on any atom is 0.411 e. The van der Waals surface area contributed by atoms with Crippen LogP contribution in [0, 0.1) is 11.6 Å². The maximum absolute atomic E-state index is 13.6. The fraction of sp³-hybridized carbons (Fsp3) is 0.250. The van der Waals surface area contributed by atoms with Gasteiger partial charge in [0.1, 0.15) is 23.9 Å². The summed E-state index contributed by atoms with van der Waals surface area (Å²) in [6.07, 6.45) is 0.834. The number of anilines is 1. The molecule has 2 amide bonds. The van der Waals surface area contributed by atoms with E-state index in [1.807, 2.05) is 4.90 Å². The Hall–Kier alpha value is -4.12. The summed E-state index contributed by atoms with van der Waals surface area (Å²) in [6, 6.07) is 11.1. The molecule has 1 aromatic heterocycles. The third-order valence-electron chi connectivity index (χ3n) is 5.29.